The first kappa shape index (κ1) is 32.8. The molecule has 1 aliphatic carbocycles. The monoisotopic (exact) mass is 765 g/mol. The first-order valence-corrected chi connectivity index (χ1v) is 20.1. The van der Waals surface area contributed by atoms with Crippen molar-refractivity contribution in [1.29, 1.82) is 0 Å². The molecule has 0 saturated carbocycles. The van der Waals surface area contributed by atoms with Crippen molar-refractivity contribution < 1.29 is 0 Å². The molecule has 0 saturated heterocycles. The molecule has 60 heavy (non-hydrogen) atoms. The zero-order chi connectivity index (χ0) is 39.3. The summed E-state index contributed by atoms with van der Waals surface area (Å²) in [5.74, 6) is 2.72. The van der Waals surface area contributed by atoms with Gasteiger partial charge in [0.25, 0.3) is 0 Å². The van der Waals surface area contributed by atoms with Gasteiger partial charge in [0.2, 0.25) is 0 Å². The van der Waals surface area contributed by atoms with Crippen LogP contribution in [0.2, 0.25) is 0 Å². The van der Waals surface area contributed by atoms with Gasteiger partial charge < -0.3 is 4.57 Å². The summed E-state index contributed by atoms with van der Waals surface area (Å²) in [5.41, 5.74) is 12.9. The lowest BCUT2D eigenvalue weighted by atomic mass is 9.91. The smallest absolute Gasteiger partial charge is 0.164 e. The molecule has 0 atom stereocenters. The van der Waals surface area contributed by atoms with Crippen LogP contribution in [0.3, 0.4) is 0 Å². The van der Waals surface area contributed by atoms with Gasteiger partial charge in [-0.1, -0.05) is 115 Å². The molecule has 7 heteroatoms. The fourth-order valence-electron chi connectivity index (χ4n) is 9.50. The standard InChI is InChI=1S/C53H31N7/c1-3-13-33(14-4-1)50-56-51(34-15-5-2-6-16-34)58-52(57-50)35-25-27-36(28-26-35)59-41-23-11-20-38-37-19-9-17-32-18-10-21-39(45(32)37)48-47-40-22-12-30-55-53(40)60(44-24-7-8-29-54-44)42(47)31-43(59)49(48)46(38)41/h1-31H. The summed E-state index contributed by atoms with van der Waals surface area (Å²) in [6, 6.07) is 61.7. The minimum absolute atomic E-state index is 0.620. The highest BCUT2D eigenvalue weighted by molar-refractivity contribution is 6.34. The van der Waals surface area contributed by atoms with E-state index >= 15 is 0 Å². The third-order valence-corrected chi connectivity index (χ3v) is 12.0. The molecule has 1 aliphatic rings. The van der Waals surface area contributed by atoms with Gasteiger partial charge in [-0.3, -0.25) is 4.57 Å². The summed E-state index contributed by atoms with van der Waals surface area (Å²) in [4.78, 5) is 24.8. The van der Waals surface area contributed by atoms with Gasteiger partial charge in [-0.15, -0.1) is 0 Å². The van der Waals surface area contributed by atoms with Crippen molar-refractivity contribution in [2.45, 2.75) is 0 Å². The molecule has 0 radical (unpaired) electrons. The van der Waals surface area contributed by atoms with Crippen LogP contribution in [-0.2, 0) is 0 Å². The first-order chi connectivity index (χ1) is 29.8. The summed E-state index contributed by atoms with van der Waals surface area (Å²) < 4.78 is 4.64. The second kappa shape index (κ2) is 12.6. The average molecular weight is 766 g/mol. The molecule has 5 aromatic heterocycles. The number of aromatic nitrogens is 7. The van der Waals surface area contributed by atoms with Crippen LogP contribution in [0, 0.1) is 0 Å². The number of nitrogens with zero attached hydrogens (tertiary/aromatic N) is 7. The first-order valence-electron chi connectivity index (χ1n) is 20.1. The molecule has 0 aliphatic heterocycles. The van der Waals surface area contributed by atoms with Crippen molar-refractivity contribution in [2.75, 3.05) is 0 Å². The zero-order valence-corrected chi connectivity index (χ0v) is 32.0. The fraction of sp³-hybridized carbons (Fsp3) is 0. The Labute approximate surface area is 343 Å². The maximum absolute atomic E-state index is 5.02. The zero-order valence-electron chi connectivity index (χ0n) is 32.0. The highest BCUT2D eigenvalue weighted by Gasteiger charge is 2.29. The van der Waals surface area contributed by atoms with E-state index in [9.17, 15) is 0 Å². The molecule has 7 nitrogen and oxygen atoms in total. The molecule has 0 N–H and O–H groups in total. The second-order valence-electron chi connectivity index (χ2n) is 15.3. The van der Waals surface area contributed by atoms with Gasteiger partial charge in [0, 0.05) is 61.9 Å². The van der Waals surface area contributed by atoms with E-state index in [1.54, 1.807) is 0 Å². The van der Waals surface area contributed by atoms with Gasteiger partial charge in [0.05, 0.1) is 16.6 Å². The third kappa shape index (κ3) is 4.68. The van der Waals surface area contributed by atoms with Crippen LogP contribution in [0.4, 0.5) is 0 Å². The van der Waals surface area contributed by atoms with Crippen molar-refractivity contribution in [2.24, 2.45) is 0 Å². The van der Waals surface area contributed by atoms with Crippen LogP contribution in [0.25, 0.3) is 122 Å². The SMILES string of the molecule is c1ccc(-c2nc(-c3ccccc3)nc(-c3ccc(-n4c5cccc6c5c5c(c7c8cccnc8n(-c8ccccn8)c7cc54)-c4cccc5cccc-6c45)cc3)n2)cc1. The van der Waals surface area contributed by atoms with Gasteiger partial charge >= 0.3 is 0 Å². The van der Waals surface area contributed by atoms with Crippen LogP contribution in [0.1, 0.15) is 0 Å². The molecule has 13 rings (SSSR count). The lowest BCUT2D eigenvalue weighted by molar-refractivity contribution is 1.06. The largest absolute Gasteiger partial charge is 0.309 e. The fourth-order valence-corrected chi connectivity index (χ4v) is 9.50. The third-order valence-electron chi connectivity index (χ3n) is 12.0. The molecule has 5 heterocycles. The number of pyridine rings is 2. The molecule has 278 valence electrons. The van der Waals surface area contributed by atoms with Gasteiger partial charge in [0.15, 0.2) is 17.5 Å². The predicted octanol–water partition coefficient (Wildman–Crippen LogP) is 12.7. The van der Waals surface area contributed by atoms with Gasteiger partial charge in [-0.05, 0) is 88.1 Å². The number of rotatable bonds is 5. The maximum Gasteiger partial charge on any atom is 0.164 e. The molecule has 0 spiro atoms. The van der Waals surface area contributed by atoms with E-state index in [0.29, 0.717) is 17.5 Å². The van der Waals surface area contributed by atoms with Crippen LogP contribution in [-0.4, -0.2) is 34.1 Å². The predicted molar refractivity (Wildman–Crippen MR) is 242 cm³/mol. The normalized spacial score (nSPS) is 12.0. The number of hydrogen-bond acceptors (Lipinski definition) is 5. The molecule has 0 bridgehead atoms. The number of hydrogen-bond donors (Lipinski definition) is 0. The van der Waals surface area contributed by atoms with Crippen molar-refractivity contribution in [3.63, 3.8) is 0 Å². The molecule has 7 aromatic carbocycles. The van der Waals surface area contributed by atoms with E-state index in [4.69, 9.17) is 24.9 Å². The Kier molecular flexibility index (Phi) is 6.88. The van der Waals surface area contributed by atoms with Gasteiger partial charge in [-0.2, -0.15) is 0 Å². The van der Waals surface area contributed by atoms with E-state index in [2.05, 4.69) is 106 Å². The van der Waals surface area contributed by atoms with E-state index < -0.39 is 0 Å². The lowest BCUT2D eigenvalue weighted by Crippen LogP contribution is -2.01. The second-order valence-corrected chi connectivity index (χ2v) is 15.3. The van der Waals surface area contributed by atoms with E-state index in [1.165, 1.54) is 49.2 Å². The maximum atomic E-state index is 5.02. The summed E-state index contributed by atoms with van der Waals surface area (Å²) in [5, 5.41) is 7.20. The number of fused-ring (bicyclic) bond motifs is 6. The molecular formula is C53H31N7. The van der Waals surface area contributed by atoms with E-state index in [-0.39, 0.29) is 0 Å². The molecular weight excluding hydrogens is 735 g/mol. The van der Waals surface area contributed by atoms with E-state index in [0.717, 1.165) is 55.8 Å². The topological polar surface area (TPSA) is 74.3 Å². The Bertz CT molecular complexity index is 3620. The minimum Gasteiger partial charge on any atom is -0.309 e. The minimum atomic E-state index is 0.620. The highest BCUT2D eigenvalue weighted by atomic mass is 15.1. The lowest BCUT2D eigenvalue weighted by Gasteiger charge is -2.15. The number of benzene rings is 7. The van der Waals surface area contributed by atoms with Crippen LogP contribution < -0.4 is 0 Å². The van der Waals surface area contributed by atoms with E-state index in [1.807, 2.05) is 91.3 Å². The summed E-state index contributed by atoms with van der Waals surface area (Å²) in [7, 11) is 0. The molecule has 0 fully saturated rings. The summed E-state index contributed by atoms with van der Waals surface area (Å²) in [6.07, 6.45) is 3.73. The van der Waals surface area contributed by atoms with Crippen molar-refractivity contribution in [3.8, 4) is 67.9 Å². The van der Waals surface area contributed by atoms with Crippen LogP contribution in [0.15, 0.2) is 188 Å². The molecule has 0 amide bonds. The Morgan fingerprint density at radius 1 is 0.367 bits per heavy atom. The Morgan fingerprint density at radius 3 is 1.65 bits per heavy atom. The summed E-state index contributed by atoms with van der Waals surface area (Å²) in [6.45, 7) is 0. The molecule has 12 aromatic rings. The van der Waals surface area contributed by atoms with Crippen molar-refractivity contribution >= 4 is 54.5 Å². The van der Waals surface area contributed by atoms with Gasteiger partial charge in [-0.25, -0.2) is 24.9 Å². The summed E-state index contributed by atoms with van der Waals surface area (Å²) >= 11 is 0. The Morgan fingerprint density at radius 2 is 0.967 bits per heavy atom. The van der Waals surface area contributed by atoms with Crippen LogP contribution in [0.5, 0.6) is 0 Å². The quantitative estimate of drug-likeness (QED) is 0.174. The molecule has 0 unspecified atom stereocenters. The van der Waals surface area contributed by atoms with Crippen molar-refractivity contribution in [3.05, 3.63) is 188 Å². The average Bonchev–Trinajstić information content (AvgIpc) is 3.79. The highest BCUT2D eigenvalue weighted by Crippen LogP contribution is 2.53. The Hall–Kier alpha value is -8.29. The van der Waals surface area contributed by atoms with Gasteiger partial charge in [0.1, 0.15) is 11.5 Å². The van der Waals surface area contributed by atoms with Crippen molar-refractivity contribution in [1.82, 2.24) is 34.1 Å². The van der Waals surface area contributed by atoms with Crippen LogP contribution >= 0.6 is 0 Å². The Balaban J connectivity index is 1.11.